The molecule has 0 spiro atoms. The van der Waals surface area contributed by atoms with Crippen LogP contribution in [0.15, 0.2) is 36.7 Å². The van der Waals surface area contributed by atoms with E-state index in [1.807, 2.05) is 12.4 Å². The van der Waals surface area contributed by atoms with Crippen LogP contribution in [0.1, 0.15) is 63.4 Å². The minimum atomic E-state index is -3.71. The van der Waals surface area contributed by atoms with E-state index in [1.165, 1.54) is 62.6 Å². The normalized spacial score (nSPS) is 20.4. The molecule has 27 heavy (non-hydrogen) atoms. The van der Waals surface area contributed by atoms with Crippen LogP contribution in [0, 0.1) is 5.92 Å². The van der Waals surface area contributed by atoms with Crippen LogP contribution in [-0.2, 0) is 0 Å². The average molecular weight is 395 g/mol. The van der Waals surface area contributed by atoms with Crippen LogP contribution < -0.4 is 4.74 Å². The molecule has 0 atom stereocenters. The predicted octanol–water partition coefficient (Wildman–Crippen LogP) is 6.78. The molecule has 3 nitrogen and oxygen atoms in total. The molecule has 1 aliphatic rings. The minimum absolute atomic E-state index is 0.00444. The Labute approximate surface area is 164 Å². The number of rotatable bonds is 7. The summed E-state index contributed by atoms with van der Waals surface area (Å²) in [5.74, 6) is 1.98. The van der Waals surface area contributed by atoms with Gasteiger partial charge in [0.2, 0.25) is 0 Å². The van der Waals surface area contributed by atoms with Crippen LogP contribution in [-0.4, -0.2) is 15.5 Å². The maximum atomic E-state index is 12.7. The van der Waals surface area contributed by atoms with Gasteiger partial charge in [-0.1, -0.05) is 26.2 Å². The quantitative estimate of drug-likeness (QED) is 0.485. The Balaban J connectivity index is 1.59. The summed E-state index contributed by atoms with van der Waals surface area (Å²) in [7, 11) is 0. The second-order valence-corrected chi connectivity index (χ2v) is 7.71. The first-order chi connectivity index (χ1) is 12.9. The van der Waals surface area contributed by atoms with Gasteiger partial charge in [-0.2, -0.15) is 0 Å². The SMILES string of the molecule is CCCCC1CCC(c2cnc(-c3ccc(OC(F)(F)Cl)cc3)nc2)CC1. The molecule has 3 rings (SSSR count). The molecular weight excluding hydrogens is 370 g/mol. The molecule has 6 heteroatoms. The van der Waals surface area contributed by atoms with E-state index in [0.717, 1.165) is 11.5 Å². The molecule has 1 aromatic heterocycles. The Bertz CT molecular complexity index is 708. The summed E-state index contributed by atoms with van der Waals surface area (Å²) in [5, 5.41) is 0. The molecule has 0 saturated heterocycles. The predicted molar refractivity (Wildman–Crippen MR) is 103 cm³/mol. The van der Waals surface area contributed by atoms with Gasteiger partial charge in [0.15, 0.2) is 5.82 Å². The highest BCUT2D eigenvalue weighted by atomic mass is 35.5. The van der Waals surface area contributed by atoms with Crippen LogP contribution >= 0.6 is 11.6 Å². The van der Waals surface area contributed by atoms with E-state index < -0.39 is 5.57 Å². The number of hydrogen-bond donors (Lipinski definition) is 0. The Kier molecular flexibility index (Phi) is 6.64. The van der Waals surface area contributed by atoms with Crippen molar-refractivity contribution in [2.75, 3.05) is 0 Å². The van der Waals surface area contributed by atoms with Crippen molar-refractivity contribution in [3.05, 3.63) is 42.2 Å². The van der Waals surface area contributed by atoms with Crippen LogP contribution in [0.4, 0.5) is 8.78 Å². The van der Waals surface area contributed by atoms with E-state index in [-0.39, 0.29) is 5.75 Å². The van der Waals surface area contributed by atoms with Crippen molar-refractivity contribution >= 4 is 11.6 Å². The molecule has 1 saturated carbocycles. The number of ether oxygens (including phenoxy) is 1. The zero-order valence-electron chi connectivity index (χ0n) is 15.5. The monoisotopic (exact) mass is 394 g/mol. The van der Waals surface area contributed by atoms with Gasteiger partial charge >= 0.3 is 5.57 Å². The highest BCUT2D eigenvalue weighted by Crippen LogP contribution is 2.37. The third-order valence-corrected chi connectivity index (χ3v) is 5.38. The molecule has 0 N–H and O–H groups in total. The first-order valence-electron chi connectivity index (χ1n) is 9.62. The molecule has 0 unspecified atom stereocenters. The average Bonchev–Trinajstić information content (AvgIpc) is 2.66. The van der Waals surface area contributed by atoms with Gasteiger partial charge in [-0.3, -0.25) is 0 Å². The summed E-state index contributed by atoms with van der Waals surface area (Å²) in [6.45, 7) is 2.25. The topological polar surface area (TPSA) is 35.0 Å². The number of nitrogens with zero attached hydrogens (tertiary/aromatic N) is 2. The zero-order valence-corrected chi connectivity index (χ0v) is 16.3. The molecule has 0 radical (unpaired) electrons. The van der Waals surface area contributed by atoms with Gasteiger partial charge in [0.1, 0.15) is 5.75 Å². The number of benzene rings is 1. The van der Waals surface area contributed by atoms with Gasteiger partial charge in [-0.05, 0) is 67.3 Å². The lowest BCUT2D eigenvalue weighted by molar-refractivity contribution is -0.0964. The first-order valence-corrected chi connectivity index (χ1v) is 10.0. The summed E-state index contributed by atoms with van der Waals surface area (Å²) in [5.41, 5.74) is -1.78. The lowest BCUT2D eigenvalue weighted by Gasteiger charge is -2.28. The number of hydrogen-bond acceptors (Lipinski definition) is 3. The maximum absolute atomic E-state index is 12.7. The summed E-state index contributed by atoms with van der Waals surface area (Å²) in [6, 6.07) is 6.15. The van der Waals surface area contributed by atoms with Crippen LogP contribution in [0.2, 0.25) is 0 Å². The Morgan fingerprint density at radius 3 is 2.26 bits per heavy atom. The van der Waals surface area contributed by atoms with Gasteiger partial charge in [-0.15, -0.1) is 8.78 Å². The van der Waals surface area contributed by atoms with Crippen LogP contribution in [0.25, 0.3) is 11.4 Å². The zero-order chi connectivity index (χ0) is 19.3. The third-order valence-electron chi connectivity index (χ3n) is 5.30. The van der Waals surface area contributed by atoms with Gasteiger partial charge in [0.05, 0.1) is 0 Å². The van der Waals surface area contributed by atoms with Crippen molar-refractivity contribution in [1.29, 1.82) is 0 Å². The largest absolute Gasteiger partial charge is 0.487 e. The Morgan fingerprint density at radius 1 is 1.07 bits per heavy atom. The van der Waals surface area contributed by atoms with Gasteiger partial charge in [0, 0.05) is 29.6 Å². The minimum Gasteiger partial charge on any atom is -0.420 e. The van der Waals surface area contributed by atoms with Crippen molar-refractivity contribution in [2.24, 2.45) is 5.92 Å². The molecule has 1 aliphatic carbocycles. The molecule has 146 valence electrons. The van der Waals surface area contributed by atoms with E-state index in [2.05, 4.69) is 21.6 Å². The van der Waals surface area contributed by atoms with Gasteiger partial charge in [0.25, 0.3) is 0 Å². The molecule has 1 aromatic carbocycles. The fourth-order valence-corrected chi connectivity index (χ4v) is 3.87. The van der Waals surface area contributed by atoms with E-state index in [0.29, 0.717) is 11.7 Å². The molecule has 1 fully saturated rings. The summed E-state index contributed by atoms with van der Waals surface area (Å²) in [4.78, 5) is 8.94. The number of aromatic nitrogens is 2. The molecule has 2 aromatic rings. The molecule has 0 aliphatic heterocycles. The lowest BCUT2D eigenvalue weighted by atomic mass is 9.78. The Hall–Kier alpha value is -1.75. The number of halogens is 3. The summed E-state index contributed by atoms with van der Waals surface area (Å²) < 4.78 is 29.6. The van der Waals surface area contributed by atoms with E-state index in [9.17, 15) is 8.78 Å². The standard InChI is InChI=1S/C21H25ClF2N2O/c1-2-3-4-15-5-7-16(8-6-15)18-13-25-20(26-14-18)17-9-11-19(12-10-17)27-21(22,23)24/h9-16H,2-8H2,1H3. The highest BCUT2D eigenvalue weighted by Gasteiger charge is 2.27. The van der Waals surface area contributed by atoms with Crippen LogP contribution in [0.3, 0.4) is 0 Å². The number of unbranched alkanes of at least 4 members (excludes halogenated alkanes) is 1. The molecular formula is C21H25ClF2N2O. The maximum Gasteiger partial charge on any atom is 0.487 e. The van der Waals surface area contributed by atoms with Crippen molar-refractivity contribution in [3.63, 3.8) is 0 Å². The summed E-state index contributed by atoms with van der Waals surface area (Å²) in [6.07, 6.45) is 12.8. The molecule has 0 bridgehead atoms. The van der Waals surface area contributed by atoms with Crippen molar-refractivity contribution in [2.45, 2.75) is 63.4 Å². The second kappa shape index (κ2) is 8.96. The van der Waals surface area contributed by atoms with Gasteiger partial charge < -0.3 is 4.74 Å². The fourth-order valence-electron chi connectivity index (χ4n) is 3.78. The van der Waals surface area contributed by atoms with E-state index in [4.69, 9.17) is 11.6 Å². The smallest absolute Gasteiger partial charge is 0.420 e. The van der Waals surface area contributed by atoms with Crippen molar-refractivity contribution < 1.29 is 13.5 Å². The lowest BCUT2D eigenvalue weighted by Crippen LogP contribution is -2.15. The third kappa shape index (κ3) is 5.86. The van der Waals surface area contributed by atoms with E-state index in [1.54, 1.807) is 12.1 Å². The number of alkyl halides is 3. The molecule has 1 heterocycles. The van der Waals surface area contributed by atoms with E-state index >= 15 is 0 Å². The van der Waals surface area contributed by atoms with Crippen molar-refractivity contribution in [3.8, 4) is 17.1 Å². The second-order valence-electron chi connectivity index (χ2n) is 7.27. The molecule has 0 amide bonds. The van der Waals surface area contributed by atoms with Crippen LogP contribution in [0.5, 0.6) is 5.75 Å². The highest BCUT2D eigenvalue weighted by molar-refractivity contribution is 6.20. The van der Waals surface area contributed by atoms with Gasteiger partial charge in [-0.25, -0.2) is 9.97 Å². The summed E-state index contributed by atoms with van der Waals surface area (Å²) >= 11 is 4.77. The fraction of sp³-hybridized carbons (Fsp3) is 0.524. The van der Waals surface area contributed by atoms with Crippen molar-refractivity contribution in [1.82, 2.24) is 9.97 Å². The Morgan fingerprint density at radius 2 is 1.70 bits per heavy atom. The first kappa shape index (κ1) is 20.0.